The van der Waals surface area contributed by atoms with Gasteiger partial charge in [-0.2, -0.15) is 0 Å². The van der Waals surface area contributed by atoms with Crippen molar-refractivity contribution in [3.05, 3.63) is 106 Å². The van der Waals surface area contributed by atoms with Gasteiger partial charge in [0.25, 0.3) is 25.7 Å². The Labute approximate surface area is 271 Å². The molecule has 0 unspecified atom stereocenters. The summed E-state index contributed by atoms with van der Waals surface area (Å²) in [6.07, 6.45) is 0. The fourth-order valence-corrected chi connectivity index (χ4v) is 6.95. The molecule has 0 fully saturated rings. The Kier molecular flexibility index (Phi) is 10.4. The van der Waals surface area contributed by atoms with Crippen molar-refractivity contribution < 1.29 is 36.0 Å². The van der Waals surface area contributed by atoms with Crippen LogP contribution in [0.15, 0.2) is 94.7 Å². The highest BCUT2D eigenvalue weighted by Crippen LogP contribution is 2.36. The van der Waals surface area contributed by atoms with E-state index in [-0.39, 0.29) is 32.6 Å². The molecule has 0 radical (unpaired) electrons. The Morgan fingerprint density at radius 1 is 0.913 bits per heavy atom. The first kappa shape index (κ1) is 34.0. The van der Waals surface area contributed by atoms with Gasteiger partial charge in [-0.3, -0.25) is 23.9 Å². The van der Waals surface area contributed by atoms with E-state index >= 15 is 0 Å². The average molecular weight is 689 g/mol. The van der Waals surface area contributed by atoms with Gasteiger partial charge in [-0.05, 0) is 86.6 Å². The number of carbonyl (C=O) groups excluding carboxylic acids is 1. The van der Waals surface area contributed by atoms with Gasteiger partial charge in [0.1, 0.15) is 18.0 Å². The summed E-state index contributed by atoms with van der Waals surface area (Å²) in [6.45, 7) is 2.97. The zero-order valence-electron chi connectivity index (χ0n) is 24.8. The van der Waals surface area contributed by atoms with E-state index < -0.39 is 48.0 Å². The van der Waals surface area contributed by atoms with Gasteiger partial charge in [-0.1, -0.05) is 17.7 Å². The molecule has 4 rings (SSSR count). The molecular formula is C30H29ClN4O9S2. The molecule has 1 amide bonds. The van der Waals surface area contributed by atoms with E-state index in [4.69, 9.17) is 21.1 Å². The summed E-state index contributed by atoms with van der Waals surface area (Å²) in [5.74, 6) is -0.154. The number of nitro groups is 1. The summed E-state index contributed by atoms with van der Waals surface area (Å²) in [5.41, 5.74) is 0.225. The highest BCUT2D eigenvalue weighted by molar-refractivity contribution is 7.93. The number of carbonyl (C=O) groups is 1. The largest absolute Gasteiger partial charge is 0.495 e. The Bertz CT molecular complexity index is 1970. The third kappa shape index (κ3) is 7.85. The number of halogens is 1. The molecule has 0 heterocycles. The van der Waals surface area contributed by atoms with Crippen LogP contribution in [0.25, 0.3) is 0 Å². The second-order valence-electron chi connectivity index (χ2n) is 9.67. The lowest BCUT2D eigenvalue weighted by Crippen LogP contribution is -2.38. The number of anilines is 3. The van der Waals surface area contributed by atoms with Crippen molar-refractivity contribution >= 4 is 60.3 Å². The van der Waals surface area contributed by atoms with E-state index in [0.717, 1.165) is 10.4 Å². The molecule has 13 nitrogen and oxygen atoms in total. The Hall–Kier alpha value is -4.86. The molecule has 0 aliphatic heterocycles. The van der Waals surface area contributed by atoms with Crippen molar-refractivity contribution in [3.8, 4) is 11.5 Å². The first-order chi connectivity index (χ1) is 21.7. The number of rotatable bonds is 13. The Balaban J connectivity index is 1.59. The van der Waals surface area contributed by atoms with E-state index in [2.05, 4.69) is 10.0 Å². The van der Waals surface area contributed by atoms with E-state index in [9.17, 15) is 31.7 Å². The van der Waals surface area contributed by atoms with Crippen molar-refractivity contribution in [2.45, 2.75) is 23.6 Å². The Morgan fingerprint density at radius 2 is 1.54 bits per heavy atom. The van der Waals surface area contributed by atoms with Crippen molar-refractivity contribution in [2.75, 3.05) is 34.6 Å². The van der Waals surface area contributed by atoms with Gasteiger partial charge < -0.3 is 14.8 Å². The highest BCUT2D eigenvalue weighted by atomic mass is 35.5. The molecule has 46 heavy (non-hydrogen) atoms. The van der Waals surface area contributed by atoms with Gasteiger partial charge >= 0.3 is 0 Å². The molecule has 4 aromatic carbocycles. The third-order valence-corrected chi connectivity index (χ3v) is 9.92. The quantitative estimate of drug-likeness (QED) is 0.134. The lowest BCUT2D eigenvalue weighted by atomic mass is 10.2. The van der Waals surface area contributed by atoms with Crippen molar-refractivity contribution in [3.63, 3.8) is 0 Å². The fraction of sp³-hybridized carbons (Fsp3) is 0.167. The van der Waals surface area contributed by atoms with E-state index in [1.165, 1.54) is 68.6 Å². The van der Waals surface area contributed by atoms with Crippen molar-refractivity contribution in [1.82, 2.24) is 0 Å². The first-order valence-corrected chi connectivity index (χ1v) is 16.8. The number of benzene rings is 4. The number of nitro benzene ring substituents is 1. The normalized spacial score (nSPS) is 11.4. The summed E-state index contributed by atoms with van der Waals surface area (Å²) >= 11 is 6.16. The lowest BCUT2D eigenvalue weighted by Gasteiger charge is -2.26. The second-order valence-corrected chi connectivity index (χ2v) is 13.6. The third-order valence-electron chi connectivity index (χ3n) is 6.53. The molecular weight excluding hydrogens is 660 g/mol. The topological polar surface area (TPSA) is 174 Å². The zero-order chi connectivity index (χ0) is 33.6. The maximum Gasteiger partial charge on any atom is 0.273 e. The predicted octanol–water partition coefficient (Wildman–Crippen LogP) is 5.60. The number of nitrogens with one attached hydrogen (secondary N) is 2. The maximum atomic E-state index is 13.9. The number of hydrogen-bond donors (Lipinski definition) is 2. The molecule has 4 aromatic rings. The van der Waals surface area contributed by atoms with Crippen LogP contribution in [0.3, 0.4) is 0 Å². The fourth-order valence-electron chi connectivity index (χ4n) is 4.28. The molecule has 0 aromatic heterocycles. The minimum absolute atomic E-state index is 0.0666. The monoisotopic (exact) mass is 688 g/mol. The predicted molar refractivity (Wildman–Crippen MR) is 174 cm³/mol. The number of methoxy groups -OCH3 is 1. The van der Waals surface area contributed by atoms with Crippen LogP contribution in [0, 0.1) is 17.0 Å². The van der Waals surface area contributed by atoms with Crippen LogP contribution < -0.4 is 23.8 Å². The van der Waals surface area contributed by atoms with Crippen LogP contribution in [-0.4, -0.2) is 47.9 Å². The number of hydrogen-bond acceptors (Lipinski definition) is 9. The number of amides is 1. The molecule has 0 saturated heterocycles. The summed E-state index contributed by atoms with van der Waals surface area (Å²) in [7, 11) is -7.27. The van der Waals surface area contributed by atoms with Crippen LogP contribution in [0.2, 0.25) is 5.02 Å². The van der Waals surface area contributed by atoms with Crippen LogP contribution in [0.4, 0.5) is 22.7 Å². The SMILES string of the molecule is CCOc1ccc(NS(=O)(=O)c2ccc(NC(=O)CN(c3cc(Cl)ccc3OC)S(=O)(=O)c3ccc(C)c([N+](=O)[O-])c3)cc2)cc1. The van der Waals surface area contributed by atoms with Crippen molar-refractivity contribution in [2.24, 2.45) is 0 Å². The summed E-state index contributed by atoms with van der Waals surface area (Å²) in [4.78, 5) is 23.5. The number of sulfonamides is 2. The molecule has 2 N–H and O–H groups in total. The molecule has 0 spiro atoms. The van der Waals surface area contributed by atoms with E-state index in [1.54, 1.807) is 24.3 Å². The highest BCUT2D eigenvalue weighted by Gasteiger charge is 2.31. The van der Waals surface area contributed by atoms with E-state index in [0.29, 0.717) is 18.0 Å². The number of ether oxygens (including phenoxy) is 2. The van der Waals surface area contributed by atoms with Crippen LogP contribution in [0.5, 0.6) is 11.5 Å². The lowest BCUT2D eigenvalue weighted by molar-refractivity contribution is -0.385. The van der Waals surface area contributed by atoms with Gasteiger partial charge in [-0.25, -0.2) is 16.8 Å². The molecule has 0 saturated carbocycles. The standard InChI is InChI=1S/C30H29ClN4O9S2/c1-4-44-24-11-7-23(8-12-24)33-45(39,40)25-14-9-22(10-15-25)32-30(36)19-34(28-17-21(31)6-16-29(28)43-3)46(41,42)26-13-5-20(2)27(18-26)35(37)38/h5-18,33H,4,19H2,1-3H3,(H,32,36). The van der Waals surface area contributed by atoms with Gasteiger partial charge in [-0.15, -0.1) is 0 Å². The molecule has 0 aliphatic carbocycles. The summed E-state index contributed by atoms with van der Waals surface area (Å²) < 4.78 is 67.4. The van der Waals surface area contributed by atoms with Crippen LogP contribution >= 0.6 is 11.6 Å². The molecule has 0 atom stereocenters. The first-order valence-electron chi connectivity index (χ1n) is 13.5. The van der Waals surface area contributed by atoms with Gasteiger partial charge in [0.2, 0.25) is 5.91 Å². The zero-order valence-corrected chi connectivity index (χ0v) is 27.1. The maximum absolute atomic E-state index is 13.9. The molecule has 0 bridgehead atoms. The average Bonchev–Trinajstić information content (AvgIpc) is 3.01. The minimum atomic E-state index is -4.59. The van der Waals surface area contributed by atoms with E-state index in [1.807, 2.05) is 6.92 Å². The summed E-state index contributed by atoms with van der Waals surface area (Å²) in [5, 5.41) is 14.2. The Morgan fingerprint density at radius 3 is 2.15 bits per heavy atom. The van der Waals surface area contributed by atoms with Gasteiger partial charge in [0.05, 0.1) is 34.1 Å². The minimum Gasteiger partial charge on any atom is -0.495 e. The van der Waals surface area contributed by atoms with Gasteiger partial charge in [0.15, 0.2) is 0 Å². The second kappa shape index (κ2) is 14.1. The van der Waals surface area contributed by atoms with Crippen LogP contribution in [0.1, 0.15) is 12.5 Å². The van der Waals surface area contributed by atoms with Crippen LogP contribution in [-0.2, 0) is 24.8 Å². The van der Waals surface area contributed by atoms with Gasteiger partial charge in [0, 0.05) is 28.0 Å². The smallest absolute Gasteiger partial charge is 0.273 e. The molecule has 16 heteroatoms. The van der Waals surface area contributed by atoms with Crippen molar-refractivity contribution in [1.29, 1.82) is 0 Å². The molecule has 0 aliphatic rings. The molecule has 242 valence electrons. The number of nitrogens with zero attached hydrogens (tertiary/aromatic N) is 2. The number of aryl methyl sites for hydroxylation is 1. The summed E-state index contributed by atoms with van der Waals surface area (Å²) in [6, 6.07) is 19.1.